The summed E-state index contributed by atoms with van der Waals surface area (Å²) in [5.74, 6) is 0. The van der Waals surface area contributed by atoms with Gasteiger partial charge in [0.05, 0.1) is 0 Å². The maximum absolute atomic E-state index is 2.32. The first-order chi connectivity index (χ1) is 3.72. The van der Waals surface area contributed by atoms with Crippen LogP contribution in [0.2, 0.25) is 0 Å². The molecular weight excluding hydrogens is 119 g/mol. The quantitative estimate of drug-likeness (QED) is 0.422. The summed E-state index contributed by atoms with van der Waals surface area (Å²) in [5.41, 5.74) is 3.11. The van der Waals surface area contributed by atoms with Crippen molar-refractivity contribution in [2.45, 2.75) is 20.3 Å². The van der Waals surface area contributed by atoms with E-state index in [4.69, 9.17) is 0 Å². The first-order valence-electron chi connectivity index (χ1n) is 3.05. The molecule has 1 radical (unpaired) electrons. The molecule has 0 atom stereocenters. The van der Waals surface area contributed by atoms with Crippen LogP contribution in [0.3, 0.4) is 0 Å². The van der Waals surface area contributed by atoms with E-state index in [2.05, 4.69) is 19.9 Å². The van der Waals surface area contributed by atoms with Gasteiger partial charge in [0.25, 0.3) is 0 Å². The van der Waals surface area contributed by atoms with Crippen molar-refractivity contribution in [2.75, 3.05) is 0 Å². The fourth-order valence-corrected chi connectivity index (χ4v) is 1.36. The van der Waals surface area contributed by atoms with Crippen molar-refractivity contribution in [2.24, 2.45) is 0 Å². The molecule has 0 spiro atoms. The van der Waals surface area contributed by atoms with E-state index in [-0.39, 0.29) is 18.9 Å². The van der Waals surface area contributed by atoms with Crippen LogP contribution in [0.15, 0.2) is 22.4 Å². The molecule has 2 heteroatoms. The van der Waals surface area contributed by atoms with Crippen LogP contribution in [0.1, 0.15) is 20.3 Å². The zero-order valence-corrected chi connectivity index (χ0v) is 8.78. The first kappa shape index (κ1) is 9.29. The van der Waals surface area contributed by atoms with E-state index in [0.717, 1.165) is 0 Å². The number of allylic oxidation sites excluding steroid dienone is 4. The van der Waals surface area contributed by atoms with Crippen LogP contribution in [0, 0.1) is 0 Å². The van der Waals surface area contributed by atoms with Gasteiger partial charge in [0.1, 0.15) is 0 Å². The monoisotopic (exact) mass is 131 g/mol. The molecule has 0 saturated carbocycles. The molecule has 0 aromatic carbocycles. The van der Waals surface area contributed by atoms with E-state index < -0.39 is 0 Å². The van der Waals surface area contributed by atoms with Crippen LogP contribution >= 0.6 is 0 Å². The van der Waals surface area contributed by atoms with Crippen LogP contribution < -0.4 is 0 Å². The predicted molar refractivity (Wildman–Crippen MR) is 46.8 cm³/mol. The molecular formula is C7H12LiSi. The smallest absolute Gasteiger partial charge is 0.0387 e. The molecule has 0 saturated heterocycles. The molecule has 0 aromatic heterocycles. The minimum atomic E-state index is 0. The molecule has 1 rings (SSSR count). The predicted octanol–water partition coefficient (Wildman–Crippen LogP) is 0.595. The van der Waals surface area contributed by atoms with Crippen LogP contribution in [-0.4, -0.2) is 29.1 Å². The maximum Gasteiger partial charge on any atom is 0.0387 e. The van der Waals surface area contributed by atoms with E-state index in [0.29, 0.717) is 0 Å². The number of hydrogen-bond acceptors (Lipinski definition) is 0. The Morgan fingerprint density at radius 3 is 2.11 bits per heavy atom. The molecule has 0 amide bonds. The number of hydrogen-bond donors (Lipinski definition) is 0. The van der Waals surface area contributed by atoms with Gasteiger partial charge in [-0.3, -0.25) is 0 Å². The molecule has 0 bridgehead atoms. The largest absolute Gasteiger partial charge is 0.0777 e. The summed E-state index contributed by atoms with van der Waals surface area (Å²) in [4.78, 5) is 0. The van der Waals surface area contributed by atoms with Gasteiger partial charge in [0, 0.05) is 29.1 Å². The Morgan fingerprint density at radius 2 is 2.00 bits per heavy atom. The Kier molecular flexibility index (Phi) is 3.57. The van der Waals surface area contributed by atoms with Crippen molar-refractivity contribution in [3.63, 3.8) is 0 Å². The molecule has 45 valence electrons. The van der Waals surface area contributed by atoms with Gasteiger partial charge in [-0.25, -0.2) is 0 Å². The molecule has 1 aliphatic carbocycles. The molecule has 0 unspecified atom stereocenters. The average Bonchev–Trinajstić information content (AvgIpc) is 1.98. The minimum absolute atomic E-state index is 0. The molecule has 9 heavy (non-hydrogen) atoms. The zero-order valence-electron chi connectivity index (χ0n) is 6.78. The van der Waals surface area contributed by atoms with Gasteiger partial charge in [-0.1, -0.05) is 22.4 Å². The van der Waals surface area contributed by atoms with Crippen LogP contribution in [0.5, 0.6) is 0 Å². The van der Waals surface area contributed by atoms with Crippen LogP contribution in [0.25, 0.3) is 0 Å². The van der Waals surface area contributed by atoms with Gasteiger partial charge in [0.2, 0.25) is 0 Å². The first-order valence-corrected chi connectivity index (χ1v) is 4.05. The third-order valence-corrected chi connectivity index (χ3v) is 3.59. The second-order valence-corrected chi connectivity index (χ2v) is 3.50. The maximum atomic E-state index is 2.32. The topological polar surface area (TPSA) is 0 Å². The van der Waals surface area contributed by atoms with E-state index in [1.54, 1.807) is 10.8 Å². The SMILES string of the molecule is CC1=CCC(C)=C1[SiH3].[Li]. The van der Waals surface area contributed by atoms with Crippen molar-refractivity contribution >= 4 is 29.1 Å². The molecule has 0 fully saturated rings. The van der Waals surface area contributed by atoms with Crippen molar-refractivity contribution in [1.29, 1.82) is 0 Å². The van der Waals surface area contributed by atoms with Gasteiger partial charge >= 0.3 is 0 Å². The molecule has 0 N–H and O–H groups in total. The summed E-state index contributed by atoms with van der Waals surface area (Å²) < 4.78 is 0. The van der Waals surface area contributed by atoms with E-state index >= 15 is 0 Å². The van der Waals surface area contributed by atoms with E-state index in [1.807, 2.05) is 0 Å². The summed E-state index contributed by atoms with van der Waals surface area (Å²) in [5, 5.41) is 1.63. The molecule has 0 aliphatic heterocycles. The average molecular weight is 131 g/mol. The Hall–Kier alpha value is 0.294. The van der Waals surface area contributed by atoms with Crippen LogP contribution in [-0.2, 0) is 0 Å². The van der Waals surface area contributed by atoms with Crippen molar-refractivity contribution in [3.8, 4) is 0 Å². The zero-order chi connectivity index (χ0) is 6.15. The Bertz CT molecular complexity index is 162. The summed E-state index contributed by atoms with van der Waals surface area (Å²) in [6.07, 6.45) is 3.53. The van der Waals surface area contributed by atoms with Crippen molar-refractivity contribution in [3.05, 3.63) is 22.4 Å². The molecule has 0 nitrogen and oxygen atoms in total. The Morgan fingerprint density at radius 1 is 1.44 bits per heavy atom. The van der Waals surface area contributed by atoms with Crippen LogP contribution in [0.4, 0.5) is 0 Å². The standard InChI is InChI=1S/C7H12Si.Li/c1-5-3-4-6(2)7(5)8;/h3H,4H2,1-2,8H3;. The Balaban J connectivity index is 0.000000640. The van der Waals surface area contributed by atoms with E-state index in [1.165, 1.54) is 22.2 Å². The summed E-state index contributed by atoms with van der Waals surface area (Å²) in [6, 6.07) is 0. The molecule has 1 aliphatic rings. The van der Waals surface area contributed by atoms with Gasteiger partial charge in [-0.15, -0.1) is 0 Å². The van der Waals surface area contributed by atoms with Crippen molar-refractivity contribution in [1.82, 2.24) is 0 Å². The third kappa shape index (κ3) is 1.86. The van der Waals surface area contributed by atoms with Gasteiger partial charge in [-0.2, -0.15) is 0 Å². The molecule has 0 heterocycles. The number of rotatable bonds is 0. The van der Waals surface area contributed by atoms with Gasteiger partial charge in [0.15, 0.2) is 0 Å². The second-order valence-electron chi connectivity index (χ2n) is 2.50. The minimum Gasteiger partial charge on any atom is -0.0777 e. The summed E-state index contributed by atoms with van der Waals surface area (Å²) >= 11 is 0. The fraction of sp³-hybridized carbons (Fsp3) is 0.429. The van der Waals surface area contributed by atoms with Gasteiger partial charge < -0.3 is 0 Å². The molecule has 0 aromatic rings. The van der Waals surface area contributed by atoms with E-state index in [9.17, 15) is 0 Å². The Labute approximate surface area is 72.0 Å². The third-order valence-electron chi connectivity index (χ3n) is 1.95. The fourth-order valence-electron chi connectivity index (χ4n) is 0.949. The van der Waals surface area contributed by atoms with Gasteiger partial charge in [-0.05, 0) is 20.3 Å². The summed E-state index contributed by atoms with van der Waals surface area (Å²) in [6.45, 7) is 4.44. The van der Waals surface area contributed by atoms with Crippen molar-refractivity contribution < 1.29 is 0 Å². The second kappa shape index (κ2) is 3.46. The normalized spacial score (nSPS) is 17.8. The summed E-state index contributed by atoms with van der Waals surface area (Å²) in [7, 11) is 1.23.